The molecule has 1 aliphatic rings. The molecule has 0 aliphatic heterocycles. The van der Waals surface area contributed by atoms with Gasteiger partial charge in [-0.2, -0.15) is 0 Å². The minimum atomic E-state index is 0.369. The first-order chi connectivity index (χ1) is 16.1. The van der Waals surface area contributed by atoms with Gasteiger partial charge in [0.15, 0.2) is 0 Å². The van der Waals surface area contributed by atoms with Crippen LogP contribution in [0.1, 0.15) is 56.2 Å². The Morgan fingerprint density at radius 2 is 1.45 bits per heavy atom. The van der Waals surface area contributed by atoms with Crippen molar-refractivity contribution in [2.75, 3.05) is 6.54 Å². The number of hydrogen-bond acceptors (Lipinski definition) is 5. The van der Waals surface area contributed by atoms with Crippen LogP contribution >= 0.6 is 0 Å². The van der Waals surface area contributed by atoms with Crippen LogP contribution in [0.5, 0.6) is 5.75 Å². The van der Waals surface area contributed by atoms with E-state index in [1.54, 1.807) is 6.07 Å². The summed E-state index contributed by atoms with van der Waals surface area (Å²) in [7, 11) is 4.14. The van der Waals surface area contributed by atoms with Crippen molar-refractivity contribution >= 4 is 0 Å². The second kappa shape index (κ2) is 11.0. The molecule has 2 heterocycles. The molecule has 1 saturated carbocycles. The Bertz CT molecular complexity index is 1010. The van der Waals surface area contributed by atoms with E-state index in [9.17, 15) is 5.11 Å². The summed E-state index contributed by atoms with van der Waals surface area (Å²) in [6.07, 6.45) is 13.8. The molecule has 33 heavy (non-hydrogen) atoms. The van der Waals surface area contributed by atoms with Gasteiger partial charge in [-0.05, 0) is 31.9 Å². The highest BCUT2D eigenvalue weighted by atomic mass is 16.3. The molecule has 7 heteroatoms. The van der Waals surface area contributed by atoms with E-state index in [1.807, 2.05) is 43.0 Å². The number of hydrogen-bond donors (Lipinski definition) is 1. The van der Waals surface area contributed by atoms with Crippen LogP contribution in [-0.2, 0) is 33.7 Å². The molecule has 1 aliphatic carbocycles. The van der Waals surface area contributed by atoms with Crippen LogP contribution in [0.3, 0.4) is 0 Å². The molecule has 1 N–H and O–H groups in total. The number of aromatic nitrogens is 4. The van der Waals surface area contributed by atoms with Crippen molar-refractivity contribution in [3.63, 3.8) is 0 Å². The largest absolute Gasteiger partial charge is 0.508 e. The Kier molecular flexibility index (Phi) is 7.83. The molecule has 178 valence electrons. The van der Waals surface area contributed by atoms with Gasteiger partial charge < -0.3 is 14.2 Å². The van der Waals surface area contributed by atoms with Crippen molar-refractivity contribution in [2.45, 2.75) is 70.7 Å². The van der Waals surface area contributed by atoms with E-state index in [0.717, 1.165) is 49.7 Å². The summed E-state index contributed by atoms with van der Waals surface area (Å²) in [4.78, 5) is 14.4. The van der Waals surface area contributed by atoms with Gasteiger partial charge in [0.25, 0.3) is 0 Å². The van der Waals surface area contributed by atoms with Crippen LogP contribution in [-0.4, -0.2) is 52.6 Å². The molecule has 3 aromatic rings. The number of nitrogens with zero attached hydrogens (tertiary/aromatic N) is 6. The maximum atomic E-state index is 10.5. The highest BCUT2D eigenvalue weighted by Gasteiger charge is 2.35. The quantitative estimate of drug-likeness (QED) is 0.504. The number of phenolic OH excluding ortho intramolecular Hbond substituents is 1. The summed E-state index contributed by atoms with van der Waals surface area (Å²) in [5.41, 5.74) is 0.974. The van der Waals surface area contributed by atoms with E-state index in [4.69, 9.17) is 0 Å². The zero-order valence-corrected chi connectivity index (χ0v) is 20.3. The molecule has 1 fully saturated rings. The van der Waals surface area contributed by atoms with Gasteiger partial charge in [-0.1, -0.05) is 38.0 Å². The minimum absolute atomic E-state index is 0.369. The summed E-state index contributed by atoms with van der Waals surface area (Å²) in [6.45, 7) is 5.66. The highest BCUT2D eigenvalue weighted by Crippen LogP contribution is 2.31. The summed E-state index contributed by atoms with van der Waals surface area (Å²) in [6, 6.07) is 8.56. The molecule has 1 aromatic carbocycles. The third kappa shape index (κ3) is 5.65. The topological polar surface area (TPSA) is 62.4 Å². The predicted octanol–water partition coefficient (Wildman–Crippen LogP) is 4.08. The predicted molar refractivity (Wildman–Crippen MR) is 131 cm³/mol. The summed E-state index contributed by atoms with van der Waals surface area (Å²) in [5, 5.41) is 10.5. The number of rotatable bonds is 10. The van der Waals surface area contributed by atoms with Gasteiger partial charge in [-0.15, -0.1) is 0 Å². The molecule has 0 amide bonds. The van der Waals surface area contributed by atoms with Gasteiger partial charge in [-0.3, -0.25) is 9.80 Å². The van der Waals surface area contributed by atoms with Crippen molar-refractivity contribution in [3.05, 3.63) is 66.3 Å². The number of aromatic hydroxyl groups is 1. The normalized spacial score (nSPS) is 18.9. The maximum absolute atomic E-state index is 10.5. The van der Waals surface area contributed by atoms with Gasteiger partial charge in [0.2, 0.25) is 0 Å². The standard InChI is InChI=1S/C26H38N6O/c1-4-15-31(19-25-27-13-16-29(25)2)22-10-6-7-11-23(22)32(20-26-28-14-17-30(26)3)18-21-9-5-8-12-24(21)33/h5,8-9,12-14,16-17,22-23,33H,4,6-7,10-11,15,18-20H2,1-3H3. The average molecular weight is 451 g/mol. The van der Waals surface area contributed by atoms with Gasteiger partial charge in [0.05, 0.1) is 13.1 Å². The van der Waals surface area contributed by atoms with E-state index >= 15 is 0 Å². The van der Waals surface area contributed by atoms with Gasteiger partial charge >= 0.3 is 0 Å². The van der Waals surface area contributed by atoms with Crippen molar-refractivity contribution in [1.29, 1.82) is 0 Å². The second-order valence-electron chi connectivity index (χ2n) is 9.33. The lowest BCUT2D eigenvalue weighted by atomic mass is 9.87. The summed E-state index contributed by atoms with van der Waals surface area (Å²) >= 11 is 0. The SMILES string of the molecule is CCCN(Cc1nccn1C)C1CCCCC1N(Cc1ccccc1O)Cc1nccn1C. The third-order valence-corrected chi connectivity index (χ3v) is 7.04. The van der Waals surface area contributed by atoms with Crippen LogP contribution in [0, 0.1) is 0 Å². The van der Waals surface area contributed by atoms with E-state index < -0.39 is 0 Å². The molecule has 0 spiro atoms. The van der Waals surface area contributed by atoms with E-state index in [1.165, 1.54) is 19.3 Å². The molecular weight excluding hydrogens is 412 g/mol. The zero-order valence-electron chi connectivity index (χ0n) is 20.3. The number of imidazole rings is 2. The maximum Gasteiger partial charge on any atom is 0.122 e. The fourth-order valence-corrected chi connectivity index (χ4v) is 5.21. The molecule has 2 aromatic heterocycles. The van der Waals surface area contributed by atoms with Crippen LogP contribution < -0.4 is 0 Å². The van der Waals surface area contributed by atoms with Crippen LogP contribution in [0.4, 0.5) is 0 Å². The number of benzene rings is 1. The molecular formula is C26H38N6O. The zero-order chi connectivity index (χ0) is 23.2. The fraction of sp³-hybridized carbons (Fsp3) is 0.538. The second-order valence-corrected chi connectivity index (χ2v) is 9.33. The molecule has 0 radical (unpaired) electrons. The Labute approximate surface area is 197 Å². The van der Waals surface area contributed by atoms with Crippen molar-refractivity contribution in [2.24, 2.45) is 14.1 Å². The van der Waals surface area contributed by atoms with Crippen LogP contribution in [0.15, 0.2) is 49.1 Å². The first-order valence-corrected chi connectivity index (χ1v) is 12.2. The molecule has 2 unspecified atom stereocenters. The third-order valence-electron chi connectivity index (χ3n) is 7.04. The van der Waals surface area contributed by atoms with Gasteiger partial charge in [-0.25, -0.2) is 9.97 Å². The lowest BCUT2D eigenvalue weighted by Crippen LogP contribution is -2.53. The lowest BCUT2D eigenvalue weighted by Gasteiger charge is -2.45. The van der Waals surface area contributed by atoms with Crippen molar-refractivity contribution in [3.8, 4) is 5.75 Å². The molecule has 2 atom stereocenters. The molecule has 7 nitrogen and oxygen atoms in total. The number of phenols is 1. The lowest BCUT2D eigenvalue weighted by molar-refractivity contribution is 0.0303. The van der Waals surface area contributed by atoms with Gasteiger partial charge in [0.1, 0.15) is 17.4 Å². The van der Waals surface area contributed by atoms with Gasteiger partial charge in [0, 0.05) is 63.1 Å². The molecule has 0 saturated heterocycles. The van der Waals surface area contributed by atoms with Crippen LogP contribution in [0.2, 0.25) is 0 Å². The first kappa shape index (κ1) is 23.5. The Morgan fingerprint density at radius 3 is 2.00 bits per heavy atom. The first-order valence-electron chi connectivity index (χ1n) is 12.2. The smallest absolute Gasteiger partial charge is 0.122 e. The molecule has 4 rings (SSSR count). The van der Waals surface area contributed by atoms with Crippen molar-refractivity contribution < 1.29 is 5.11 Å². The Balaban J connectivity index is 1.63. The number of para-hydroxylation sites is 1. The molecule has 0 bridgehead atoms. The van der Waals surface area contributed by atoms with E-state index in [-0.39, 0.29) is 0 Å². The van der Waals surface area contributed by atoms with Crippen molar-refractivity contribution in [1.82, 2.24) is 28.9 Å². The Hall–Kier alpha value is -2.64. The van der Waals surface area contributed by atoms with E-state index in [0.29, 0.717) is 24.4 Å². The highest BCUT2D eigenvalue weighted by molar-refractivity contribution is 5.31. The summed E-state index contributed by atoms with van der Waals surface area (Å²) < 4.78 is 4.24. The minimum Gasteiger partial charge on any atom is -0.508 e. The fourth-order valence-electron chi connectivity index (χ4n) is 5.21. The van der Waals surface area contributed by atoms with E-state index in [2.05, 4.69) is 49.9 Å². The van der Waals surface area contributed by atoms with Crippen LogP contribution in [0.25, 0.3) is 0 Å². The Morgan fingerprint density at radius 1 is 0.879 bits per heavy atom. The monoisotopic (exact) mass is 450 g/mol. The number of aryl methyl sites for hydroxylation is 2. The average Bonchev–Trinajstić information content (AvgIpc) is 3.42. The summed E-state index contributed by atoms with van der Waals surface area (Å²) in [5.74, 6) is 2.54.